The summed E-state index contributed by atoms with van der Waals surface area (Å²) in [6, 6.07) is 11.9. The first-order chi connectivity index (χ1) is 14.4. The Morgan fingerprint density at radius 1 is 1.03 bits per heavy atom. The zero-order chi connectivity index (χ0) is 21.1. The van der Waals surface area contributed by atoms with Crippen LogP contribution in [0.5, 0.6) is 0 Å². The SMILES string of the molecule is Fc1ccc(SC2CCC(NCc3cccc4cnccc34)CC2)cc1C(F)(F)F. The number of pyridine rings is 1. The number of rotatable bonds is 5. The molecule has 2 aromatic carbocycles. The van der Waals surface area contributed by atoms with Gasteiger partial charge in [-0.2, -0.15) is 13.2 Å². The second-order valence-corrected chi connectivity index (χ2v) is 9.00. The molecular formula is C23H22F4N2S. The van der Waals surface area contributed by atoms with Crippen molar-refractivity contribution in [1.82, 2.24) is 10.3 Å². The van der Waals surface area contributed by atoms with Gasteiger partial charge in [0.2, 0.25) is 0 Å². The zero-order valence-electron chi connectivity index (χ0n) is 16.3. The Bertz CT molecular complexity index is 1010. The van der Waals surface area contributed by atoms with Crippen LogP contribution in [-0.2, 0) is 12.7 Å². The van der Waals surface area contributed by atoms with Gasteiger partial charge in [-0.15, -0.1) is 11.8 Å². The van der Waals surface area contributed by atoms with Gasteiger partial charge in [0.05, 0.1) is 5.56 Å². The first kappa shape index (κ1) is 21.1. The average molecular weight is 435 g/mol. The quantitative estimate of drug-likeness (QED) is 0.459. The number of nitrogens with one attached hydrogen (secondary N) is 1. The third kappa shape index (κ3) is 4.95. The topological polar surface area (TPSA) is 24.9 Å². The molecule has 0 aliphatic heterocycles. The summed E-state index contributed by atoms with van der Waals surface area (Å²) >= 11 is 1.42. The molecule has 1 aromatic heterocycles. The Balaban J connectivity index is 1.31. The molecule has 0 radical (unpaired) electrons. The summed E-state index contributed by atoms with van der Waals surface area (Å²) in [5.74, 6) is -1.22. The summed E-state index contributed by atoms with van der Waals surface area (Å²) in [6.07, 6.45) is 2.77. The third-order valence-electron chi connectivity index (χ3n) is 5.57. The monoisotopic (exact) mass is 434 g/mol. The van der Waals surface area contributed by atoms with Crippen LogP contribution in [0.25, 0.3) is 10.8 Å². The van der Waals surface area contributed by atoms with Gasteiger partial charge >= 0.3 is 6.18 Å². The predicted molar refractivity (Wildman–Crippen MR) is 112 cm³/mol. The van der Waals surface area contributed by atoms with Gasteiger partial charge in [0.25, 0.3) is 0 Å². The molecule has 1 aliphatic carbocycles. The molecule has 1 N–H and O–H groups in total. The van der Waals surface area contributed by atoms with Gasteiger partial charge in [-0.1, -0.05) is 18.2 Å². The van der Waals surface area contributed by atoms with Crippen molar-refractivity contribution in [3.8, 4) is 0 Å². The number of halogens is 4. The maximum absolute atomic E-state index is 13.5. The molecule has 1 aliphatic rings. The van der Waals surface area contributed by atoms with E-state index in [0.717, 1.165) is 49.7 Å². The molecule has 0 amide bonds. The summed E-state index contributed by atoms with van der Waals surface area (Å²) < 4.78 is 52.2. The van der Waals surface area contributed by atoms with E-state index in [9.17, 15) is 17.6 Å². The van der Waals surface area contributed by atoms with Crippen LogP contribution < -0.4 is 5.32 Å². The van der Waals surface area contributed by atoms with E-state index in [1.165, 1.54) is 28.8 Å². The highest BCUT2D eigenvalue weighted by Gasteiger charge is 2.34. The van der Waals surface area contributed by atoms with E-state index in [-0.39, 0.29) is 5.25 Å². The van der Waals surface area contributed by atoms with Crippen LogP contribution in [0.3, 0.4) is 0 Å². The summed E-state index contributed by atoms with van der Waals surface area (Å²) in [5.41, 5.74) is 0.0468. The Morgan fingerprint density at radius 2 is 1.83 bits per heavy atom. The largest absolute Gasteiger partial charge is 0.419 e. The molecule has 0 spiro atoms. The predicted octanol–water partition coefficient (Wildman–Crippen LogP) is 6.59. The van der Waals surface area contributed by atoms with Crippen molar-refractivity contribution in [3.05, 3.63) is 71.8 Å². The van der Waals surface area contributed by atoms with Crippen molar-refractivity contribution < 1.29 is 17.6 Å². The highest BCUT2D eigenvalue weighted by atomic mass is 32.2. The van der Waals surface area contributed by atoms with Crippen LogP contribution in [0.2, 0.25) is 0 Å². The molecule has 1 saturated carbocycles. The highest BCUT2D eigenvalue weighted by molar-refractivity contribution is 8.00. The van der Waals surface area contributed by atoms with Gasteiger partial charge in [-0.25, -0.2) is 4.39 Å². The van der Waals surface area contributed by atoms with Crippen LogP contribution in [0, 0.1) is 5.82 Å². The maximum atomic E-state index is 13.5. The first-order valence-electron chi connectivity index (χ1n) is 9.98. The van der Waals surface area contributed by atoms with E-state index in [2.05, 4.69) is 16.4 Å². The summed E-state index contributed by atoms with van der Waals surface area (Å²) in [6.45, 7) is 0.775. The van der Waals surface area contributed by atoms with E-state index >= 15 is 0 Å². The van der Waals surface area contributed by atoms with Gasteiger partial charge < -0.3 is 5.32 Å². The molecule has 2 nitrogen and oxygen atoms in total. The number of thioether (sulfide) groups is 1. The third-order valence-corrected chi connectivity index (χ3v) is 6.90. The fourth-order valence-corrected chi connectivity index (χ4v) is 5.20. The number of hydrogen-bond donors (Lipinski definition) is 1. The van der Waals surface area contributed by atoms with E-state index in [1.54, 1.807) is 6.20 Å². The lowest BCUT2D eigenvalue weighted by atomic mass is 9.94. The number of hydrogen-bond acceptors (Lipinski definition) is 3. The van der Waals surface area contributed by atoms with Crippen LogP contribution >= 0.6 is 11.8 Å². The number of benzene rings is 2. The van der Waals surface area contributed by atoms with Crippen molar-refractivity contribution in [2.45, 2.75) is 54.6 Å². The first-order valence-corrected chi connectivity index (χ1v) is 10.9. The Labute approximate surface area is 177 Å². The molecular weight excluding hydrogens is 412 g/mol. The average Bonchev–Trinajstić information content (AvgIpc) is 2.74. The molecule has 0 atom stereocenters. The molecule has 3 aromatic rings. The smallest absolute Gasteiger partial charge is 0.310 e. The molecule has 0 bridgehead atoms. The van der Waals surface area contributed by atoms with Crippen LogP contribution in [0.1, 0.15) is 36.8 Å². The maximum Gasteiger partial charge on any atom is 0.419 e. The fourth-order valence-electron chi connectivity index (χ4n) is 3.97. The van der Waals surface area contributed by atoms with Crippen molar-refractivity contribution in [2.75, 3.05) is 0 Å². The van der Waals surface area contributed by atoms with Crippen molar-refractivity contribution >= 4 is 22.5 Å². The molecule has 7 heteroatoms. The van der Waals surface area contributed by atoms with Crippen LogP contribution in [-0.4, -0.2) is 16.3 Å². The number of aromatic nitrogens is 1. The minimum absolute atomic E-state index is 0.248. The number of alkyl halides is 3. The van der Waals surface area contributed by atoms with E-state index in [0.29, 0.717) is 10.9 Å². The lowest BCUT2D eigenvalue weighted by molar-refractivity contribution is -0.140. The van der Waals surface area contributed by atoms with Gasteiger partial charge in [0, 0.05) is 40.5 Å². The molecule has 30 heavy (non-hydrogen) atoms. The Kier molecular flexibility index (Phi) is 6.29. The minimum atomic E-state index is -4.67. The minimum Gasteiger partial charge on any atom is -0.310 e. The van der Waals surface area contributed by atoms with Gasteiger partial charge in [0.15, 0.2) is 0 Å². The second kappa shape index (κ2) is 8.94. The molecule has 1 heterocycles. The molecule has 4 rings (SSSR count). The molecule has 0 unspecified atom stereocenters. The Hall–Kier alpha value is -2.12. The Morgan fingerprint density at radius 3 is 2.60 bits per heavy atom. The normalized spacial score (nSPS) is 19.9. The van der Waals surface area contributed by atoms with Gasteiger partial charge in [-0.05, 0) is 60.9 Å². The number of nitrogens with zero attached hydrogens (tertiary/aromatic N) is 1. The van der Waals surface area contributed by atoms with Crippen LogP contribution in [0.4, 0.5) is 17.6 Å². The molecule has 1 fully saturated rings. The van der Waals surface area contributed by atoms with Crippen LogP contribution in [0.15, 0.2) is 59.8 Å². The standard InChI is InChI=1S/C23H22F4N2S/c24-22-9-8-19(12-21(22)23(25,26)27)30-18-6-4-17(5-7-18)29-14-16-3-1-2-15-13-28-11-10-20(15)16/h1-3,8-13,17-18,29H,4-7,14H2. The van der Waals surface area contributed by atoms with Gasteiger partial charge in [0.1, 0.15) is 5.82 Å². The van der Waals surface area contributed by atoms with E-state index in [1.807, 2.05) is 24.4 Å². The fraction of sp³-hybridized carbons (Fsp3) is 0.348. The lowest BCUT2D eigenvalue weighted by Crippen LogP contribution is -2.33. The van der Waals surface area contributed by atoms with E-state index < -0.39 is 17.6 Å². The van der Waals surface area contributed by atoms with Crippen molar-refractivity contribution in [1.29, 1.82) is 0 Å². The summed E-state index contributed by atoms with van der Waals surface area (Å²) in [5, 5.41) is 6.19. The van der Waals surface area contributed by atoms with Gasteiger partial charge in [-0.3, -0.25) is 4.98 Å². The molecule has 158 valence electrons. The van der Waals surface area contributed by atoms with Crippen molar-refractivity contribution in [3.63, 3.8) is 0 Å². The van der Waals surface area contributed by atoms with E-state index in [4.69, 9.17) is 0 Å². The molecule has 0 saturated heterocycles. The summed E-state index contributed by atoms with van der Waals surface area (Å²) in [4.78, 5) is 4.64. The number of fused-ring (bicyclic) bond motifs is 1. The highest BCUT2D eigenvalue weighted by Crippen LogP contribution is 2.38. The zero-order valence-corrected chi connectivity index (χ0v) is 17.1. The van der Waals surface area contributed by atoms with Crippen molar-refractivity contribution in [2.24, 2.45) is 0 Å². The lowest BCUT2D eigenvalue weighted by Gasteiger charge is -2.29. The second-order valence-electron chi connectivity index (χ2n) is 7.63. The summed E-state index contributed by atoms with van der Waals surface area (Å²) in [7, 11) is 0.